The van der Waals surface area contributed by atoms with Crippen molar-refractivity contribution in [2.24, 2.45) is 0 Å². The molecule has 8 heteroatoms. The first-order valence-corrected chi connectivity index (χ1v) is 8.80. The second-order valence-corrected chi connectivity index (χ2v) is 6.59. The van der Waals surface area contributed by atoms with Gasteiger partial charge in [0.05, 0.1) is 29.4 Å². The zero-order valence-corrected chi connectivity index (χ0v) is 15.1. The number of carbonyl (C=O) groups excluding carboxylic acids is 2. The Hall–Kier alpha value is -3.00. The maximum atomic E-state index is 12.7. The molecule has 1 amide bonds. The van der Waals surface area contributed by atoms with Crippen LogP contribution in [0.25, 0.3) is 10.9 Å². The summed E-state index contributed by atoms with van der Waals surface area (Å²) in [6.45, 7) is 2.44. The number of amides is 1. The standard InChI is InChI=1S/C18H17N3O4S/c1-3-21(17(23)13-8-9-14(26-13)18(24)25-2)10-15-19-12-7-5-4-6-11(12)16(22)20-15/h4-9H,3,10H2,1-2H3,(H,19,20,22). The highest BCUT2D eigenvalue weighted by atomic mass is 32.1. The van der Waals surface area contributed by atoms with Crippen molar-refractivity contribution in [2.45, 2.75) is 13.5 Å². The highest BCUT2D eigenvalue weighted by molar-refractivity contribution is 7.15. The lowest BCUT2D eigenvalue weighted by Gasteiger charge is -2.19. The minimum atomic E-state index is -0.474. The zero-order chi connectivity index (χ0) is 18.7. The number of H-pyrrole nitrogens is 1. The van der Waals surface area contributed by atoms with Crippen molar-refractivity contribution in [3.05, 3.63) is 62.3 Å². The molecule has 1 N–H and O–H groups in total. The van der Waals surface area contributed by atoms with Crippen LogP contribution in [0.15, 0.2) is 41.2 Å². The summed E-state index contributed by atoms with van der Waals surface area (Å²) in [7, 11) is 1.30. The first-order valence-electron chi connectivity index (χ1n) is 7.98. The number of hydrogen-bond donors (Lipinski definition) is 1. The molecule has 0 atom stereocenters. The Morgan fingerprint density at radius 1 is 1.19 bits per heavy atom. The van der Waals surface area contributed by atoms with Crippen LogP contribution in [0.5, 0.6) is 0 Å². The number of aromatic amines is 1. The Labute approximate surface area is 153 Å². The lowest BCUT2D eigenvalue weighted by molar-refractivity contribution is 0.0606. The van der Waals surface area contributed by atoms with Crippen molar-refractivity contribution in [1.29, 1.82) is 0 Å². The third-order valence-corrected chi connectivity index (χ3v) is 4.93. The number of aromatic nitrogens is 2. The molecule has 0 aliphatic carbocycles. The van der Waals surface area contributed by atoms with Crippen LogP contribution in [0.2, 0.25) is 0 Å². The molecule has 0 saturated heterocycles. The van der Waals surface area contributed by atoms with Crippen LogP contribution >= 0.6 is 11.3 Å². The van der Waals surface area contributed by atoms with Gasteiger partial charge in [0.25, 0.3) is 11.5 Å². The molecule has 3 aromatic rings. The molecular formula is C18H17N3O4S. The van der Waals surface area contributed by atoms with E-state index in [9.17, 15) is 14.4 Å². The van der Waals surface area contributed by atoms with Gasteiger partial charge in [0.1, 0.15) is 10.7 Å². The summed E-state index contributed by atoms with van der Waals surface area (Å²) in [4.78, 5) is 45.9. The van der Waals surface area contributed by atoms with E-state index in [0.717, 1.165) is 11.3 Å². The lowest BCUT2D eigenvalue weighted by Crippen LogP contribution is -2.31. The van der Waals surface area contributed by atoms with Gasteiger partial charge in [0.15, 0.2) is 0 Å². The number of ether oxygens (including phenoxy) is 1. The fraction of sp³-hybridized carbons (Fsp3) is 0.222. The van der Waals surface area contributed by atoms with Crippen molar-refractivity contribution < 1.29 is 14.3 Å². The van der Waals surface area contributed by atoms with Gasteiger partial charge in [-0.05, 0) is 31.2 Å². The molecule has 0 unspecified atom stereocenters. The predicted molar refractivity (Wildman–Crippen MR) is 98.4 cm³/mol. The van der Waals surface area contributed by atoms with Crippen molar-refractivity contribution >= 4 is 34.1 Å². The van der Waals surface area contributed by atoms with E-state index >= 15 is 0 Å². The second kappa shape index (κ2) is 7.49. The van der Waals surface area contributed by atoms with Gasteiger partial charge in [-0.25, -0.2) is 9.78 Å². The number of methoxy groups -OCH3 is 1. The monoisotopic (exact) mass is 371 g/mol. The summed E-state index contributed by atoms with van der Waals surface area (Å²) in [5.74, 6) is -0.297. The van der Waals surface area contributed by atoms with Gasteiger partial charge in [-0.1, -0.05) is 12.1 Å². The number of nitrogens with zero attached hydrogens (tertiary/aromatic N) is 2. The average molecular weight is 371 g/mol. The minimum absolute atomic E-state index is 0.168. The van der Waals surface area contributed by atoms with E-state index in [0.29, 0.717) is 33.0 Å². The summed E-state index contributed by atoms with van der Waals surface area (Å²) in [6.07, 6.45) is 0. The van der Waals surface area contributed by atoms with E-state index in [-0.39, 0.29) is 18.0 Å². The number of benzene rings is 1. The van der Waals surface area contributed by atoms with Gasteiger partial charge in [-0.2, -0.15) is 0 Å². The molecule has 0 radical (unpaired) electrons. The Kier molecular flexibility index (Phi) is 5.13. The van der Waals surface area contributed by atoms with Crippen LogP contribution in [0, 0.1) is 0 Å². The van der Waals surface area contributed by atoms with Crippen molar-refractivity contribution in [2.75, 3.05) is 13.7 Å². The molecule has 0 saturated carbocycles. The number of rotatable bonds is 5. The van der Waals surface area contributed by atoms with E-state index in [1.54, 1.807) is 41.3 Å². The van der Waals surface area contributed by atoms with Gasteiger partial charge >= 0.3 is 5.97 Å². The molecule has 0 fully saturated rings. The first kappa shape index (κ1) is 17.8. The summed E-state index contributed by atoms with van der Waals surface area (Å²) in [5, 5.41) is 0.506. The maximum absolute atomic E-state index is 12.7. The fourth-order valence-electron chi connectivity index (χ4n) is 2.54. The van der Waals surface area contributed by atoms with E-state index in [4.69, 9.17) is 0 Å². The smallest absolute Gasteiger partial charge is 0.348 e. The Morgan fingerprint density at radius 2 is 1.92 bits per heavy atom. The van der Waals surface area contributed by atoms with Crippen LogP contribution in [-0.4, -0.2) is 40.4 Å². The topological polar surface area (TPSA) is 92.4 Å². The van der Waals surface area contributed by atoms with Crippen LogP contribution in [0.1, 0.15) is 32.1 Å². The summed E-state index contributed by atoms with van der Waals surface area (Å²) in [6, 6.07) is 10.2. The fourth-order valence-corrected chi connectivity index (χ4v) is 3.43. The Balaban J connectivity index is 1.85. The van der Waals surface area contributed by atoms with E-state index < -0.39 is 5.97 Å². The molecule has 0 spiro atoms. The van der Waals surface area contributed by atoms with Crippen molar-refractivity contribution in [3.63, 3.8) is 0 Å². The molecule has 0 aliphatic heterocycles. The maximum Gasteiger partial charge on any atom is 0.348 e. The SMILES string of the molecule is CCN(Cc1nc2ccccc2c(=O)[nH]1)C(=O)c1ccc(C(=O)OC)s1. The average Bonchev–Trinajstić information content (AvgIpc) is 3.15. The molecular weight excluding hydrogens is 354 g/mol. The zero-order valence-electron chi connectivity index (χ0n) is 14.3. The van der Waals surface area contributed by atoms with Crippen LogP contribution < -0.4 is 5.56 Å². The van der Waals surface area contributed by atoms with E-state index in [1.165, 1.54) is 7.11 Å². The summed E-state index contributed by atoms with van der Waals surface area (Å²) >= 11 is 1.08. The van der Waals surface area contributed by atoms with Crippen molar-refractivity contribution in [3.8, 4) is 0 Å². The van der Waals surface area contributed by atoms with Gasteiger partial charge in [0, 0.05) is 6.54 Å². The predicted octanol–water partition coefficient (Wildman–Crippen LogP) is 2.43. The molecule has 2 heterocycles. The third-order valence-electron chi connectivity index (χ3n) is 3.87. The van der Waals surface area contributed by atoms with E-state index in [1.807, 2.05) is 6.92 Å². The molecule has 2 aromatic heterocycles. The normalized spacial score (nSPS) is 10.7. The highest BCUT2D eigenvalue weighted by Gasteiger charge is 2.20. The van der Waals surface area contributed by atoms with Crippen LogP contribution in [0.3, 0.4) is 0 Å². The molecule has 26 heavy (non-hydrogen) atoms. The summed E-state index contributed by atoms with van der Waals surface area (Å²) < 4.78 is 4.66. The number of fused-ring (bicyclic) bond motifs is 1. The van der Waals surface area contributed by atoms with E-state index in [2.05, 4.69) is 14.7 Å². The highest BCUT2D eigenvalue weighted by Crippen LogP contribution is 2.20. The van der Waals surface area contributed by atoms with Crippen molar-refractivity contribution in [1.82, 2.24) is 14.9 Å². The second-order valence-electron chi connectivity index (χ2n) is 5.50. The number of para-hydroxylation sites is 1. The van der Waals surface area contributed by atoms with Gasteiger partial charge in [-0.3, -0.25) is 9.59 Å². The number of hydrogen-bond acceptors (Lipinski definition) is 6. The largest absolute Gasteiger partial charge is 0.465 e. The molecule has 1 aromatic carbocycles. The van der Waals surface area contributed by atoms with Crippen LogP contribution in [-0.2, 0) is 11.3 Å². The quantitative estimate of drug-likeness (QED) is 0.696. The van der Waals surface area contributed by atoms with Gasteiger partial charge in [0.2, 0.25) is 0 Å². The van der Waals surface area contributed by atoms with Gasteiger partial charge in [-0.15, -0.1) is 11.3 Å². The Morgan fingerprint density at radius 3 is 2.65 bits per heavy atom. The molecule has 0 bridgehead atoms. The molecule has 7 nitrogen and oxygen atoms in total. The number of carbonyl (C=O) groups is 2. The first-order chi connectivity index (χ1) is 12.5. The number of thiophene rings is 1. The third kappa shape index (κ3) is 3.50. The summed E-state index contributed by atoms with van der Waals surface area (Å²) in [5.41, 5.74) is 0.344. The van der Waals surface area contributed by atoms with Gasteiger partial charge < -0.3 is 14.6 Å². The lowest BCUT2D eigenvalue weighted by atomic mass is 10.2. The molecule has 134 valence electrons. The Bertz CT molecular complexity index is 1020. The number of nitrogens with one attached hydrogen (secondary N) is 1. The molecule has 0 aliphatic rings. The molecule has 3 rings (SSSR count). The van der Waals surface area contributed by atoms with Crippen LogP contribution in [0.4, 0.5) is 0 Å². The number of esters is 1. The minimum Gasteiger partial charge on any atom is -0.465 e.